The van der Waals surface area contributed by atoms with Crippen LogP contribution in [0.5, 0.6) is 5.75 Å². The number of hydrogen-bond acceptors (Lipinski definition) is 5. The van der Waals surface area contributed by atoms with Gasteiger partial charge in [0.15, 0.2) is 5.75 Å². The van der Waals surface area contributed by atoms with Gasteiger partial charge in [-0.3, -0.25) is 4.79 Å². The smallest absolute Gasteiger partial charge is 0.335 e. The maximum absolute atomic E-state index is 13.2. The molecule has 0 spiro atoms. The van der Waals surface area contributed by atoms with E-state index in [1.165, 1.54) is 23.1 Å². The highest BCUT2D eigenvalue weighted by atomic mass is 35.5. The number of carbonyl (C=O) groups is 3. The Balaban J connectivity index is 1.55. The van der Waals surface area contributed by atoms with Gasteiger partial charge in [0.1, 0.15) is 6.61 Å². The van der Waals surface area contributed by atoms with Crippen LogP contribution < -0.4 is 20.3 Å². The normalized spacial score (nSPS) is 10.7. The maximum Gasteiger partial charge on any atom is 0.335 e. The van der Waals surface area contributed by atoms with Crippen LogP contribution in [0.3, 0.4) is 0 Å². The van der Waals surface area contributed by atoms with Crippen molar-refractivity contribution >= 4 is 63.4 Å². The van der Waals surface area contributed by atoms with E-state index in [0.717, 1.165) is 0 Å². The Kier molecular flexibility index (Phi) is 8.53. The number of ether oxygens (including phenoxy) is 1. The number of pyridine rings is 1. The third-order valence-electron chi connectivity index (χ3n) is 5.89. The van der Waals surface area contributed by atoms with Crippen molar-refractivity contribution < 1.29 is 24.2 Å². The maximum atomic E-state index is 13.2. The predicted molar refractivity (Wildman–Crippen MR) is 151 cm³/mol. The molecule has 4 aromatic rings. The summed E-state index contributed by atoms with van der Waals surface area (Å²) in [5.41, 5.74) is 2.58. The number of halogens is 2. The summed E-state index contributed by atoms with van der Waals surface area (Å²) in [6.07, 6.45) is 0. The topological polar surface area (TPSA) is 121 Å². The summed E-state index contributed by atoms with van der Waals surface area (Å²) in [6.45, 7) is 1.48. The molecule has 3 aromatic carbocycles. The number of anilines is 2. The van der Waals surface area contributed by atoms with Gasteiger partial charge in [-0.05, 0) is 43.3 Å². The number of amides is 3. The molecule has 9 nitrogen and oxygen atoms in total. The van der Waals surface area contributed by atoms with Crippen LogP contribution in [0.1, 0.15) is 21.6 Å². The lowest BCUT2D eigenvalue weighted by Gasteiger charge is -2.24. The van der Waals surface area contributed by atoms with E-state index in [9.17, 15) is 14.4 Å². The van der Waals surface area contributed by atoms with Gasteiger partial charge >= 0.3 is 12.0 Å². The van der Waals surface area contributed by atoms with Crippen LogP contribution in [0.4, 0.5) is 16.2 Å². The number of benzene rings is 3. The van der Waals surface area contributed by atoms with Crippen molar-refractivity contribution in [2.75, 3.05) is 23.8 Å². The van der Waals surface area contributed by atoms with Gasteiger partial charge in [0.25, 0.3) is 0 Å². The van der Waals surface area contributed by atoms with E-state index in [1.54, 1.807) is 38.2 Å². The van der Waals surface area contributed by atoms with Crippen LogP contribution in [0.25, 0.3) is 10.9 Å². The summed E-state index contributed by atoms with van der Waals surface area (Å²) in [4.78, 5) is 42.8. The fourth-order valence-electron chi connectivity index (χ4n) is 3.92. The van der Waals surface area contributed by atoms with E-state index in [4.69, 9.17) is 33.0 Å². The van der Waals surface area contributed by atoms with Gasteiger partial charge < -0.3 is 25.4 Å². The first-order chi connectivity index (χ1) is 18.7. The SMILES string of the molecule is Cc1nc2ccccc2c(N(C)C(=O)CNC(=O)Nc2cccc(C(=O)O)c2)c1OCc1c(Cl)cccc1Cl. The standard InChI is InChI=1S/C28H24Cl2N4O5/c1-16-26(39-15-20-21(29)10-6-11-22(20)30)25(19-9-3-4-12-23(19)32-16)34(2)24(35)14-31-28(38)33-18-8-5-7-17(13-18)27(36)37/h3-13H,14-15H2,1-2H3,(H,36,37)(H2,31,33,38). The second-order valence-electron chi connectivity index (χ2n) is 8.53. The number of para-hydroxylation sites is 1. The molecule has 0 atom stereocenters. The molecule has 39 heavy (non-hydrogen) atoms. The molecular weight excluding hydrogens is 543 g/mol. The minimum atomic E-state index is -1.12. The lowest BCUT2D eigenvalue weighted by molar-refractivity contribution is -0.117. The molecule has 0 aliphatic carbocycles. The molecule has 0 saturated carbocycles. The molecule has 200 valence electrons. The number of nitrogens with one attached hydrogen (secondary N) is 2. The number of aromatic carboxylic acids is 1. The average molecular weight is 567 g/mol. The van der Waals surface area contributed by atoms with Crippen molar-refractivity contribution in [3.05, 3.63) is 93.6 Å². The van der Waals surface area contributed by atoms with Crippen molar-refractivity contribution in [3.8, 4) is 5.75 Å². The zero-order chi connectivity index (χ0) is 28.1. The zero-order valence-electron chi connectivity index (χ0n) is 21.0. The second-order valence-corrected chi connectivity index (χ2v) is 9.34. The Morgan fingerprint density at radius 3 is 2.41 bits per heavy atom. The van der Waals surface area contributed by atoms with Gasteiger partial charge in [0.05, 0.1) is 29.0 Å². The highest BCUT2D eigenvalue weighted by Gasteiger charge is 2.23. The fourth-order valence-corrected chi connectivity index (χ4v) is 4.43. The summed E-state index contributed by atoms with van der Waals surface area (Å²) in [5.74, 6) is -1.18. The van der Waals surface area contributed by atoms with E-state index in [0.29, 0.717) is 43.6 Å². The average Bonchev–Trinajstić information content (AvgIpc) is 2.91. The molecule has 1 aromatic heterocycles. The lowest BCUT2D eigenvalue weighted by Crippen LogP contribution is -2.40. The van der Waals surface area contributed by atoms with Crippen LogP contribution in [0.2, 0.25) is 10.0 Å². The zero-order valence-corrected chi connectivity index (χ0v) is 22.5. The highest BCUT2D eigenvalue weighted by Crippen LogP contribution is 2.38. The summed E-state index contributed by atoms with van der Waals surface area (Å²) in [6, 6.07) is 17.6. The minimum Gasteiger partial charge on any atom is -0.485 e. The first-order valence-corrected chi connectivity index (χ1v) is 12.5. The first kappa shape index (κ1) is 27.7. The first-order valence-electron chi connectivity index (χ1n) is 11.8. The highest BCUT2D eigenvalue weighted by molar-refractivity contribution is 6.36. The Morgan fingerprint density at radius 2 is 1.69 bits per heavy atom. The third kappa shape index (κ3) is 6.39. The Hall–Kier alpha value is -4.34. The lowest BCUT2D eigenvalue weighted by atomic mass is 10.1. The van der Waals surface area contributed by atoms with Crippen LogP contribution in [-0.4, -0.2) is 41.6 Å². The molecule has 0 aliphatic heterocycles. The van der Waals surface area contributed by atoms with Crippen molar-refractivity contribution in [2.24, 2.45) is 0 Å². The Morgan fingerprint density at radius 1 is 1.00 bits per heavy atom. The predicted octanol–water partition coefficient (Wildman–Crippen LogP) is 5.91. The van der Waals surface area contributed by atoms with Gasteiger partial charge in [0.2, 0.25) is 5.91 Å². The summed E-state index contributed by atoms with van der Waals surface area (Å²) in [7, 11) is 1.58. The molecule has 3 amide bonds. The van der Waals surface area contributed by atoms with Gasteiger partial charge in [0, 0.05) is 33.7 Å². The molecule has 0 bridgehead atoms. The Bertz CT molecular complexity index is 1560. The summed E-state index contributed by atoms with van der Waals surface area (Å²) < 4.78 is 6.16. The largest absolute Gasteiger partial charge is 0.485 e. The number of carboxylic acid groups (broad SMARTS) is 1. The fraction of sp³-hybridized carbons (Fsp3) is 0.143. The van der Waals surface area contributed by atoms with Crippen molar-refractivity contribution in [2.45, 2.75) is 13.5 Å². The molecule has 0 unspecified atom stereocenters. The summed E-state index contributed by atoms with van der Waals surface area (Å²) >= 11 is 12.6. The van der Waals surface area contributed by atoms with Crippen LogP contribution >= 0.6 is 23.2 Å². The van der Waals surface area contributed by atoms with Crippen molar-refractivity contribution in [1.82, 2.24) is 10.3 Å². The van der Waals surface area contributed by atoms with Gasteiger partial charge in [-0.25, -0.2) is 14.6 Å². The Labute approximate surface area is 234 Å². The monoisotopic (exact) mass is 566 g/mol. The number of nitrogens with zero attached hydrogens (tertiary/aromatic N) is 2. The molecule has 0 radical (unpaired) electrons. The molecule has 0 fully saturated rings. The van der Waals surface area contributed by atoms with Crippen LogP contribution in [0.15, 0.2) is 66.7 Å². The molecule has 0 saturated heterocycles. The number of carboxylic acids is 1. The second kappa shape index (κ2) is 12.0. The van der Waals surface area contributed by atoms with E-state index in [2.05, 4.69) is 15.6 Å². The molecule has 4 rings (SSSR count). The van der Waals surface area contributed by atoms with Crippen molar-refractivity contribution in [1.29, 1.82) is 0 Å². The van der Waals surface area contributed by atoms with Gasteiger partial charge in [-0.15, -0.1) is 0 Å². The van der Waals surface area contributed by atoms with E-state index in [1.807, 2.05) is 24.3 Å². The van der Waals surface area contributed by atoms with Crippen LogP contribution in [0, 0.1) is 6.92 Å². The van der Waals surface area contributed by atoms with Gasteiger partial charge in [-0.2, -0.15) is 0 Å². The van der Waals surface area contributed by atoms with Gasteiger partial charge in [-0.1, -0.05) is 53.5 Å². The molecular formula is C28H24Cl2N4O5. The number of hydrogen-bond donors (Lipinski definition) is 3. The number of likely N-dealkylation sites (N-methyl/N-ethyl adjacent to an activating group) is 1. The van der Waals surface area contributed by atoms with Crippen molar-refractivity contribution in [3.63, 3.8) is 0 Å². The summed E-state index contributed by atoms with van der Waals surface area (Å²) in [5, 5.41) is 15.7. The molecule has 11 heteroatoms. The molecule has 0 aliphatic rings. The van der Waals surface area contributed by atoms with E-state index < -0.39 is 17.9 Å². The molecule has 1 heterocycles. The number of aromatic nitrogens is 1. The number of rotatable bonds is 8. The third-order valence-corrected chi connectivity index (χ3v) is 6.60. The van der Waals surface area contributed by atoms with E-state index >= 15 is 0 Å². The van der Waals surface area contributed by atoms with E-state index in [-0.39, 0.29) is 24.4 Å². The number of aryl methyl sites for hydroxylation is 1. The minimum absolute atomic E-state index is 0.0224. The number of fused-ring (bicyclic) bond motifs is 1. The molecule has 3 N–H and O–H groups in total. The quantitative estimate of drug-likeness (QED) is 0.243. The van der Waals surface area contributed by atoms with Crippen LogP contribution in [-0.2, 0) is 11.4 Å². The number of urea groups is 1. The number of carbonyl (C=O) groups excluding carboxylic acids is 2.